The third-order valence-electron chi connectivity index (χ3n) is 2.78. The van der Waals surface area contributed by atoms with Gasteiger partial charge in [0.1, 0.15) is 17.7 Å². The molecule has 0 fully saturated rings. The van der Waals surface area contributed by atoms with E-state index in [4.69, 9.17) is 11.6 Å². The summed E-state index contributed by atoms with van der Waals surface area (Å²) in [6.45, 7) is 1.75. The molecule has 0 amide bonds. The van der Waals surface area contributed by atoms with Gasteiger partial charge in [-0.3, -0.25) is 0 Å². The quantitative estimate of drug-likeness (QED) is 0.873. The minimum absolute atomic E-state index is 0.0829. The van der Waals surface area contributed by atoms with E-state index in [2.05, 4.69) is 0 Å². The lowest BCUT2D eigenvalue weighted by Gasteiger charge is -2.15. The zero-order valence-electron chi connectivity index (χ0n) is 9.62. The number of benzene rings is 2. The molecule has 2 rings (SSSR count). The molecule has 1 nitrogen and oxygen atoms in total. The molecule has 2 aromatic rings. The molecule has 94 valence electrons. The molecule has 0 aromatic heterocycles. The lowest BCUT2D eigenvalue weighted by Crippen LogP contribution is -2.05. The smallest absolute Gasteiger partial charge is 0.129 e. The maximum atomic E-state index is 13.6. The van der Waals surface area contributed by atoms with Crippen LogP contribution in [0.4, 0.5) is 8.78 Å². The van der Waals surface area contributed by atoms with E-state index < -0.39 is 17.7 Å². The summed E-state index contributed by atoms with van der Waals surface area (Å²) < 4.78 is 26.7. The maximum Gasteiger partial charge on any atom is 0.129 e. The molecular formula is C14H11ClF2O. The fraction of sp³-hybridized carbons (Fsp3) is 0.143. The van der Waals surface area contributed by atoms with Gasteiger partial charge in [-0.1, -0.05) is 17.7 Å². The zero-order valence-corrected chi connectivity index (χ0v) is 10.4. The summed E-state index contributed by atoms with van der Waals surface area (Å²) in [5.74, 6) is -1.23. The first kappa shape index (κ1) is 13.0. The summed E-state index contributed by atoms with van der Waals surface area (Å²) in [7, 11) is 0. The predicted molar refractivity (Wildman–Crippen MR) is 66.6 cm³/mol. The van der Waals surface area contributed by atoms with E-state index in [1.165, 1.54) is 0 Å². The fourth-order valence-electron chi connectivity index (χ4n) is 1.84. The van der Waals surface area contributed by atoms with Crippen LogP contribution in [0.5, 0.6) is 0 Å². The topological polar surface area (TPSA) is 20.2 Å². The van der Waals surface area contributed by atoms with Crippen LogP contribution < -0.4 is 0 Å². The lowest BCUT2D eigenvalue weighted by molar-refractivity contribution is 0.213. The van der Waals surface area contributed by atoms with Crippen molar-refractivity contribution >= 4 is 11.6 Å². The minimum atomic E-state index is -1.21. The summed E-state index contributed by atoms with van der Waals surface area (Å²) >= 11 is 5.81. The molecule has 0 saturated carbocycles. The Labute approximate surface area is 109 Å². The van der Waals surface area contributed by atoms with E-state index in [-0.39, 0.29) is 5.56 Å². The van der Waals surface area contributed by atoms with E-state index in [1.54, 1.807) is 25.1 Å². The average molecular weight is 269 g/mol. The number of aliphatic hydroxyl groups excluding tert-OH is 1. The normalized spacial score (nSPS) is 12.5. The lowest BCUT2D eigenvalue weighted by atomic mass is 9.97. The van der Waals surface area contributed by atoms with E-state index in [0.717, 1.165) is 23.8 Å². The van der Waals surface area contributed by atoms with E-state index in [1.807, 2.05) is 0 Å². The van der Waals surface area contributed by atoms with Gasteiger partial charge in [-0.05, 0) is 48.4 Å². The van der Waals surface area contributed by atoms with Gasteiger partial charge in [0.15, 0.2) is 0 Å². The van der Waals surface area contributed by atoms with Gasteiger partial charge in [0.2, 0.25) is 0 Å². The Morgan fingerprint density at radius 3 is 2.44 bits per heavy atom. The van der Waals surface area contributed by atoms with Gasteiger partial charge < -0.3 is 5.11 Å². The molecule has 1 N–H and O–H groups in total. The van der Waals surface area contributed by atoms with Crippen LogP contribution in [0.15, 0.2) is 36.4 Å². The largest absolute Gasteiger partial charge is 0.384 e. The third kappa shape index (κ3) is 2.52. The molecule has 0 aliphatic carbocycles. The van der Waals surface area contributed by atoms with Gasteiger partial charge in [0.05, 0.1) is 0 Å². The molecule has 1 unspecified atom stereocenters. The molecule has 1 atom stereocenters. The summed E-state index contributed by atoms with van der Waals surface area (Å²) in [6.07, 6.45) is -1.21. The van der Waals surface area contributed by atoms with E-state index in [9.17, 15) is 13.9 Å². The number of hydrogen-bond donors (Lipinski definition) is 1. The van der Waals surface area contributed by atoms with Crippen LogP contribution in [0.2, 0.25) is 5.02 Å². The molecule has 0 spiro atoms. The van der Waals surface area contributed by atoms with Crippen molar-refractivity contribution in [1.82, 2.24) is 0 Å². The predicted octanol–water partition coefficient (Wildman–Crippen LogP) is 4.01. The number of hydrogen-bond acceptors (Lipinski definition) is 1. The molecule has 0 aliphatic heterocycles. The molecule has 0 heterocycles. The Hall–Kier alpha value is -1.45. The van der Waals surface area contributed by atoms with Crippen LogP contribution in [0, 0.1) is 18.6 Å². The molecule has 0 aliphatic rings. The molecule has 0 saturated heterocycles. The average Bonchev–Trinajstić information content (AvgIpc) is 2.31. The van der Waals surface area contributed by atoms with Gasteiger partial charge in [0, 0.05) is 10.6 Å². The van der Waals surface area contributed by atoms with Crippen molar-refractivity contribution in [2.45, 2.75) is 13.0 Å². The number of halogens is 3. The summed E-state index contributed by atoms with van der Waals surface area (Å²) in [4.78, 5) is 0. The Balaban J connectivity index is 2.47. The zero-order chi connectivity index (χ0) is 13.3. The van der Waals surface area contributed by atoms with Gasteiger partial charge in [0.25, 0.3) is 0 Å². The Bertz CT molecular complexity index is 584. The summed E-state index contributed by atoms with van der Waals surface area (Å²) in [6, 6.07) is 7.88. The molecule has 18 heavy (non-hydrogen) atoms. The van der Waals surface area contributed by atoms with Gasteiger partial charge >= 0.3 is 0 Å². The summed E-state index contributed by atoms with van der Waals surface area (Å²) in [5.41, 5.74) is 1.14. The van der Waals surface area contributed by atoms with Crippen molar-refractivity contribution in [3.8, 4) is 0 Å². The fourth-order valence-corrected chi connectivity index (χ4v) is 2.06. The van der Waals surface area contributed by atoms with Crippen LogP contribution in [-0.2, 0) is 0 Å². The second kappa shape index (κ2) is 5.04. The number of rotatable bonds is 2. The van der Waals surface area contributed by atoms with Crippen LogP contribution in [0.1, 0.15) is 22.8 Å². The van der Waals surface area contributed by atoms with Crippen molar-refractivity contribution < 1.29 is 13.9 Å². The van der Waals surface area contributed by atoms with Gasteiger partial charge in [-0.2, -0.15) is 0 Å². The highest BCUT2D eigenvalue weighted by Gasteiger charge is 2.17. The highest BCUT2D eigenvalue weighted by molar-refractivity contribution is 6.30. The first-order chi connectivity index (χ1) is 8.49. The molecular weight excluding hydrogens is 258 g/mol. The molecule has 0 bridgehead atoms. The number of aliphatic hydroxyl groups is 1. The monoisotopic (exact) mass is 268 g/mol. The van der Waals surface area contributed by atoms with Crippen molar-refractivity contribution in [3.05, 3.63) is 69.7 Å². The van der Waals surface area contributed by atoms with Gasteiger partial charge in [-0.25, -0.2) is 8.78 Å². The molecule has 0 radical (unpaired) electrons. The van der Waals surface area contributed by atoms with Gasteiger partial charge in [-0.15, -0.1) is 0 Å². The Kier molecular flexibility index (Phi) is 3.64. The Morgan fingerprint density at radius 1 is 1.06 bits per heavy atom. The maximum absolute atomic E-state index is 13.6. The first-order valence-electron chi connectivity index (χ1n) is 5.38. The van der Waals surface area contributed by atoms with Crippen LogP contribution in [-0.4, -0.2) is 5.11 Å². The summed E-state index contributed by atoms with van der Waals surface area (Å²) in [5, 5.41) is 10.6. The van der Waals surface area contributed by atoms with E-state index >= 15 is 0 Å². The standard InChI is InChI=1S/C14H11ClF2O/c1-8-6-9(15)2-4-11(8)14(18)12-7-10(16)3-5-13(12)17/h2-7,14,18H,1H3. The van der Waals surface area contributed by atoms with Crippen LogP contribution in [0.3, 0.4) is 0 Å². The minimum Gasteiger partial charge on any atom is -0.384 e. The molecule has 2 aromatic carbocycles. The Morgan fingerprint density at radius 2 is 1.78 bits per heavy atom. The number of aryl methyl sites for hydroxylation is 1. The van der Waals surface area contributed by atoms with Crippen molar-refractivity contribution in [2.75, 3.05) is 0 Å². The van der Waals surface area contributed by atoms with E-state index in [0.29, 0.717) is 10.6 Å². The second-order valence-corrected chi connectivity index (χ2v) is 4.51. The van der Waals surface area contributed by atoms with Crippen LogP contribution >= 0.6 is 11.6 Å². The highest BCUT2D eigenvalue weighted by Crippen LogP contribution is 2.28. The van der Waals surface area contributed by atoms with Crippen molar-refractivity contribution in [2.24, 2.45) is 0 Å². The highest BCUT2D eigenvalue weighted by atomic mass is 35.5. The molecule has 4 heteroatoms. The van der Waals surface area contributed by atoms with Crippen molar-refractivity contribution in [3.63, 3.8) is 0 Å². The van der Waals surface area contributed by atoms with Crippen molar-refractivity contribution in [1.29, 1.82) is 0 Å². The SMILES string of the molecule is Cc1cc(Cl)ccc1C(O)c1cc(F)ccc1F. The first-order valence-corrected chi connectivity index (χ1v) is 5.76. The third-order valence-corrected chi connectivity index (χ3v) is 3.01. The van der Waals surface area contributed by atoms with Crippen LogP contribution in [0.25, 0.3) is 0 Å². The second-order valence-electron chi connectivity index (χ2n) is 4.07.